The lowest BCUT2D eigenvalue weighted by atomic mass is 9.81. The number of esters is 1. The third-order valence-corrected chi connectivity index (χ3v) is 8.15. The van der Waals surface area contributed by atoms with Gasteiger partial charge in [0.15, 0.2) is 9.84 Å². The molecule has 3 rings (SSSR count). The van der Waals surface area contributed by atoms with Crippen molar-refractivity contribution >= 4 is 15.8 Å². The summed E-state index contributed by atoms with van der Waals surface area (Å²) < 4.78 is 30.4. The number of hydrogen-bond donors (Lipinski definition) is 0. The zero-order valence-corrected chi connectivity index (χ0v) is 16.5. The number of hydrogen-bond acceptors (Lipinski definition) is 4. The highest BCUT2D eigenvalue weighted by Gasteiger charge is 2.32. The summed E-state index contributed by atoms with van der Waals surface area (Å²) in [7, 11) is -3.17. The maximum absolute atomic E-state index is 12.3. The van der Waals surface area contributed by atoms with Crippen molar-refractivity contribution in [2.24, 2.45) is 0 Å². The van der Waals surface area contributed by atoms with E-state index in [1.807, 2.05) is 0 Å². The van der Waals surface area contributed by atoms with Crippen LogP contribution in [0.3, 0.4) is 0 Å². The van der Waals surface area contributed by atoms with E-state index in [1.165, 1.54) is 11.1 Å². The van der Waals surface area contributed by atoms with Crippen LogP contribution in [0.25, 0.3) is 0 Å². The average Bonchev–Trinajstić information content (AvgIpc) is 3.17. The average molecular weight is 379 g/mol. The fourth-order valence-electron chi connectivity index (χ4n) is 4.30. The van der Waals surface area contributed by atoms with Crippen molar-refractivity contribution in [2.75, 3.05) is 5.75 Å². The molecule has 5 heteroatoms. The largest absolute Gasteiger partial charge is 0.462 e. The van der Waals surface area contributed by atoms with E-state index >= 15 is 0 Å². The lowest BCUT2D eigenvalue weighted by molar-refractivity contribution is -0.151. The zero-order valence-electron chi connectivity index (χ0n) is 15.7. The van der Waals surface area contributed by atoms with E-state index in [0.29, 0.717) is 0 Å². The summed E-state index contributed by atoms with van der Waals surface area (Å²) in [5, 5.41) is -0.245. The molecule has 0 saturated heterocycles. The van der Waals surface area contributed by atoms with Crippen LogP contribution in [-0.2, 0) is 19.4 Å². The Labute approximate surface area is 157 Å². The molecule has 2 aliphatic rings. The van der Waals surface area contributed by atoms with Crippen LogP contribution in [0.1, 0.15) is 74.8 Å². The summed E-state index contributed by atoms with van der Waals surface area (Å²) in [5.74, 6) is -0.214. The molecule has 0 amide bonds. The van der Waals surface area contributed by atoms with Gasteiger partial charge in [-0.15, -0.1) is 0 Å². The predicted molar refractivity (Wildman–Crippen MR) is 103 cm³/mol. The quantitative estimate of drug-likeness (QED) is 0.692. The molecule has 1 aromatic rings. The van der Waals surface area contributed by atoms with Gasteiger partial charge in [0.1, 0.15) is 6.10 Å². The number of benzene rings is 1. The van der Waals surface area contributed by atoms with Crippen LogP contribution < -0.4 is 0 Å². The minimum absolute atomic E-state index is 0.0179. The van der Waals surface area contributed by atoms with Crippen LogP contribution in [0.5, 0.6) is 0 Å². The second-order valence-corrected chi connectivity index (χ2v) is 10.3. The topological polar surface area (TPSA) is 60.4 Å². The molecule has 2 aliphatic carbocycles. The minimum Gasteiger partial charge on any atom is -0.462 e. The standard InChI is InChI=1S/C21H30O4S/c1-16-10-12-17(13-11-16)19-8-4-5-9-20(19)25-21(22)14-15-26(23,24)18-6-2-3-7-18/h10-13,18-20H,2-9,14-15H2,1H3/t19-,20+/m0/s1. The van der Waals surface area contributed by atoms with Crippen molar-refractivity contribution < 1.29 is 17.9 Å². The molecule has 144 valence electrons. The molecule has 0 bridgehead atoms. The summed E-state index contributed by atoms with van der Waals surface area (Å²) in [6, 6.07) is 8.43. The first kappa shape index (κ1) is 19.4. The first-order valence-electron chi connectivity index (χ1n) is 9.93. The Balaban J connectivity index is 1.57. The number of rotatable bonds is 6. The molecule has 0 unspecified atom stereocenters. The van der Waals surface area contributed by atoms with Gasteiger partial charge in [-0.25, -0.2) is 8.42 Å². The Morgan fingerprint density at radius 3 is 2.31 bits per heavy atom. The van der Waals surface area contributed by atoms with E-state index in [1.54, 1.807) is 0 Å². The van der Waals surface area contributed by atoms with E-state index in [9.17, 15) is 13.2 Å². The second kappa shape index (κ2) is 8.55. The fourth-order valence-corrected chi connectivity index (χ4v) is 6.14. The van der Waals surface area contributed by atoms with E-state index < -0.39 is 9.84 Å². The molecule has 0 aromatic heterocycles. The van der Waals surface area contributed by atoms with Crippen LogP contribution in [-0.4, -0.2) is 31.5 Å². The predicted octanol–water partition coefficient (Wildman–Crippen LogP) is 4.31. The van der Waals surface area contributed by atoms with E-state index in [0.717, 1.165) is 51.4 Å². The minimum atomic E-state index is -3.17. The van der Waals surface area contributed by atoms with Gasteiger partial charge in [-0.2, -0.15) is 0 Å². The normalized spacial score (nSPS) is 24.5. The van der Waals surface area contributed by atoms with Gasteiger partial charge in [-0.3, -0.25) is 4.79 Å². The molecule has 2 saturated carbocycles. The van der Waals surface area contributed by atoms with Crippen LogP contribution in [0, 0.1) is 6.92 Å². The number of sulfone groups is 1. The van der Waals surface area contributed by atoms with Gasteiger partial charge in [0.05, 0.1) is 17.4 Å². The van der Waals surface area contributed by atoms with Crippen LogP contribution >= 0.6 is 0 Å². The Morgan fingerprint density at radius 2 is 1.62 bits per heavy atom. The molecule has 0 aliphatic heterocycles. The van der Waals surface area contributed by atoms with Gasteiger partial charge in [0, 0.05) is 5.92 Å². The van der Waals surface area contributed by atoms with E-state index in [4.69, 9.17) is 4.74 Å². The van der Waals surface area contributed by atoms with E-state index in [2.05, 4.69) is 31.2 Å². The number of carbonyl (C=O) groups excluding carboxylic acids is 1. The monoisotopic (exact) mass is 378 g/mol. The molecule has 0 heterocycles. The molecule has 0 radical (unpaired) electrons. The lowest BCUT2D eigenvalue weighted by Gasteiger charge is -2.31. The van der Waals surface area contributed by atoms with Crippen LogP contribution in [0.2, 0.25) is 0 Å². The van der Waals surface area contributed by atoms with Crippen molar-refractivity contribution in [3.63, 3.8) is 0 Å². The highest BCUT2D eigenvalue weighted by molar-refractivity contribution is 7.92. The zero-order chi connectivity index (χ0) is 18.6. The molecule has 1 aromatic carbocycles. The summed E-state index contributed by atoms with van der Waals surface area (Å²) in [6.07, 6.45) is 7.38. The van der Waals surface area contributed by atoms with Gasteiger partial charge in [0.2, 0.25) is 0 Å². The van der Waals surface area contributed by atoms with Crippen molar-refractivity contribution in [1.82, 2.24) is 0 Å². The number of aryl methyl sites for hydroxylation is 1. The molecule has 4 nitrogen and oxygen atoms in total. The van der Waals surface area contributed by atoms with Gasteiger partial charge in [-0.1, -0.05) is 49.1 Å². The van der Waals surface area contributed by atoms with Crippen molar-refractivity contribution in [1.29, 1.82) is 0 Å². The first-order chi connectivity index (χ1) is 12.5. The maximum Gasteiger partial charge on any atom is 0.307 e. The number of ether oxygens (including phenoxy) is 1. The third-order valence-electron chi connectivity index (χ3n) is 5.89. The first-order valence-corrected chi connectivity index (χ1v) is 11.6. The van der Waals surface area contributed by atoms with E-state index in [-0.39, 0.29) is 35.4 Å². The molecule has 2 atom stereocenters. The Kier molecular flexibility index (Phi) is 6.38. The lowest BCUT2D eigenvalue weighted by Crippen LogP contribution is -2.30. The van der Waals surface area contributed by atoms with Crippen molar-refractivity contribution in [3.8, 4) is 0 Å². The highest BCUT2D eigenvalue weighted by Crippen LogP contribution is 2.35. The molecule has 0 N–H and O–H groups in total. The summed E-state index contributed by atoms with van der Waals surface area (Å²) in [6.45, 7) is 2.06. The maximum atomic E-state index is 12.3. The number of carbonyl (C=O) groups is 1. The second-order valence-electron chi connectivity index (χ2n) is 7.85. The van der Waals surface area contributed by atoms with Crippen LogP contribution in [0.4, 0.5) is 0 Å². The van der Waals surface area contributed by atoms with Gasteiger partial charge in [0.25, 0.3) is 0 Å². The Hall–Kier alpha value is -1.36. The smallest absolute Gasteiger partial charge is 0.307 e. The SMILES string of the molecule is Cc1ccc([C@@H]2CCCC[C@H]2OC(=O)CCS(=O)(=O)C2CCCC2)cc1. The van der Waals surface area contributed by atoms with Gasteiger partial charge in [-0.05, 0) is 44.6 Å². The molecule has 0 spiro atoms. The van der Waals surface area contributed by atoms with Crippen LogP contribution in [0.15, 0.2) is 24.3 Å². The van der Waals surface area contributed by atoms with Crippen molar-refractivity contribution in [3.05, 3.63) is 35.4 Å². The van der Waals surface area contributed by atoms with Gasteiger partial charge >= 0.3 is 5.97 Å². The summed E-state index contributed by atoms with van der Waals surface area (Å²) in [4.78, 5) is 12.3. The summed E-state index contributed by atoms with van der Waals surface area (Å²) in [5.41, 5.74) is 2.43. The Morgan fingerprint density at radius 1 is 1.00 bits per heavy atom. The third kappa shape index (κ3) is 4.87. The summed E-state index contributed by atoms with van der Waals surface area (Å²) >= 11 is 0. The van der Waals surface area contributed by atoms with Gasteiger partial charge < -0.3 is 4.74 Å². The molecular formula is C21H30O4S. The molecule has 2 fully saturated rings. The Bertz CT molecular complexity index is 702. The fraction of sp³-hybridized carbons (Fsp3) is 0.667. The molecular weight excluding hydrogens is 348 g/mol. The highest BCUT2D eigenvalue weighted by atomic mass is 32.2. The molecule has 26 heavy (non-hydrogen) atoms. The van der Waals surface area contributed by atoms with Crippen molar-refractivity contribution in [2.45, 2.75) is 82.0 Å².